The zero-order chi connectivity index (χ0) is 12.0. The first-order chi connectivity index (χ1) is 7.63. The maximum Gasteiger partial charge on any atom is 0.00787 e. The predicted octanol–water partition coefficient (Wildman–Crippen LogP) is 2.89. The van der Waals surface area contributed by atoms with E-state index in [1.54, 1.807) is 0 Å². The van der Waals surface area contributed by atoms with Gasteiger partial charge >= 0.3 is 0 Å². The second-order valence-corrected chi connectivity index (χ2v) is 5.63. The average Bonchev–Trinajstić information content (AvgIpc) is 2.70. The van der Waals surface area contributed by atoms with E-state index < -0.39 is 0 Å². The number of hydrogen-bond donors (Lipinski definition) is 1. The average molecular weight is 226 g/mol. The predicted molar refractivity (Wildman–Crippen MR) is 71.8 cm³/mol. The lowest BCUT2D eigenvalue weighted by Crippen LogP contribution is -2.38. The lowest BCUT2D eigenvalue weighted by Gasteiger charge is -2.29. The highest BCUT2D eigenvalue weighted by atomic mass is 15.1. The van der Waals surface area contributed by atoms with Crippen LogP contribution in [0.1, 0.15) is 52.9 Å². The van der Waals surface area contributed by atoms with E-state index in [0.29, 0.717) is 12.1 Å². The van der Waals surface area contributed by atoms with Crippen LogP contribution in [0.3, 0.4) is 0 Å². The molecule has 0 aliphatic heterocycles. The van der Waals surface area contributed by atoms with Gasteiger partial charge in [-0.25, -0.2) is 0 Å². The minimum atomic E-state index is 0.644. The molecule has 0 heterocycles. The first kappa shape index (κ1) is 14.0. The molecule has 2 unspecified atom stereocenters. The third-order valence-electron chi connectivity index (χ3n) is 4.02. The van der Waals surface area contributed by atoms with Crippen LogP contribution in [0.15, 0.2) is 0 Å². The Bertz CT molecular complexity index is 176. The molecule has 0 aromatic rings. The van der Waals surface area contributed by atoms with Crippen molar-refractivity contribution >= 4 is 0 Å². The van der Waals surface area contributed by atoms with Gasteiger partial charge in [-0.05, 0) is 52.6 Å². The van der Waals surface area contributed by atoms with E-state index in [2.05, 4.69) is 38.0 Å². The van der Waals surface area contributed by atoms with Crippen LogP contribution in [0.4, 0.5) is 0 Å². The van der Waals surface area contributed by atoms with Gasteiger partial charge in [-0.1, -0.05) is 19.8 Å². The second kappa shape index (κ2) is 7.29. The number of rotatable bonds is 7. The summed E-state index contributed by atoms with van der Waals surface area (Å²) in [5.74, 6) is 0.974. The van der Waals surface area contributed by atoms with Crippen LogP contribution in [0.5, 0.6) is 0 Å². The second-order valence-electron chi connectivity index (χ2n) is 5.63. The summed E-state index contributed by atoms with van der Waals surface area (Å²) in [6.07, 6.45) is 7.10. The molecule has 96 valence electrons. The monoisotopic (exact) mass is 226 g/mol. The third kappa shape index (κ3) is 4.84. The molecule has 1 aliphatic carbocycles. The fraction of sp³-hybridized carbons (Fsp3) is 1.00. The molecule has 1 aliphatic rings. The summed E-state index contributed by atoms with van der Waals surface area (Å²) in [5, 5.41) is 3.50. The maximum atomic E-state index is 3.50. The first-order valence-electron chi connectivity index (χ1n) is 7.07. The molecular formula is C14H30N2. The molecule has 1 rings (SSSR count). The molecule has 16 heavy (non-hydrogen) atoms. The van der Waals surface area contributed by atoms with Crippen molar-refractivity contribution in [3.63, 3.8) is 0 Å². The summed E-state index contributed by atoms with van der Waals surface area (Å²) in [5.41, 5.74) is 0. The smallest absolute Gasteiger partial charge is 0.00787 e. The van der Waals surface area contributed by atoms with Crippen LogP contribution in [0.25, 0.3) is 0 Å². The molecule has 2 nitrogen and oxygen atoms in total. The Hall–Kier alpha value is -0.0800. The van der Waals surface area contributed by atoms with Gasteiger partial charge < -0.3 is 10.2 Å². The molecule has 0 radical (unpaired) electrons. The van der Waals surface area contributed by atoms with Crippen molar-refractivity contribution in [1.29, 1.82) is 0 Å². The van der Waals surface area contributed by atoms with Crippen molar-refractivity contribution in [3.8, 4) is 0 Å². The molecule has 0 amide bonds. The van der Waals surface area contributed by atoms with Gasteiger partial charge in [-0.2, -0.15) is 0 Å². The first-order valence-corrected chi connectivity index (χ1v) is 7.07. The Balaban J connectivity index is 2.20. The standard InChI is InChI=1S/C14H30N2/c1-5-15-12(2)10-13(3)16(4)11-14-8-6-7-9-14/h12-15H,5-11H2,1-4H3. The van der Waals surface area contributed by atoms with Crippen LogP contribution in [-0.2, 0) is 0 Å². The topological polar surface area (TPSA) is 15.3 Å². The zero-order valence-corrected chi connectivity index (χ0v) is 11.6. The summed E-state index contributed by atoms with van der Waals surface area (Å²) >= 11 is 0. The van der Waals surface area contributed by atoms with Crippen molar-refractivity contribution in [1.82, 2.24) is 10.2 Å². The summed E-state index contributed by atoms with van der Waals surface area (Å²) in [6, 6.07) is 1.35. The number of hydrogen-bond acceptors (Lipinski definition) is 2. The number of nitrogens with zero attached hydrogens (tertiary/aromatic N) is 1. The molecule has 2 heteroatoms. The van der Waals surface area contributed by atoms with Crippen molar-refractivity contribution < 1.29 is 0 Å². The van der Waals surface area contributed by atoms with Crippen LogP contribution >= 0.6 is 0 Å². The summed E-state index contributed by atoms with van der Waals surface area (Å²) in [7, 11) is 2.29. The van der Waals surface area contributed by atoms with Crippen LogP contribution < -0.4 is 5.32 Å². The van der Waals surface area contributed by atoms with E-state index in [1.165, 1.54) is 38.6 Å². The van der Waals surface area contributed by atoms with Gasteiger partial charge in [0.05, 0.1) is 0 Å². The van der Waals surface area contributed by atoms with Crippen LogP contribution in [0, 0.1) is 5.92 Å². The molecule has 1 fully saturated rings. The van der Waals surface area contributed by atoms with Gasteiger partial charge in [0.1, 0.15) is 0 Å². The van der Waals surface area contributed by atoms with E-state index in [4.69, 9.17) is 0 Å². The highest BCUT2D eigenvalue weighted by Gasteiger charge is 2.20. The fourth-order valence-corrected chi connectivity index (χ4v) is 2.90. The Kier molecular flexibility index (Phi) is 6.37. The number of nitrogens with one attached hydrogen (secondary N) is 1. The van der Waals surface area contributed by atoms with E-state index in [9.17, 15) is 0 Å². The molecular weight excluding hydrogens is 196 g/mol. The van der Waals surface area contributed by atoms with Gasteiger partial charge in [0.2, 0.25) is 0 Å². The van der Waals surface area contributed by atoms with Gasteiger partial charge in [-0.15, -0.1) is 0 Å². The van der Waals surface area contributed by atoms with Crippen molar-refractivity contribution in [2.24, 2.45) is 5.92 Å². The van der Waals surface area contributed by atoms with E-state index >= 15 is 0 Å². The highest BCUT2D eigenvalue weighted by Crippen LogP contribution is 2.25. The minimum Gasteiger partial charge on any atom is -0.314 e. The van der Waals surface area contributed by atoms with E-state index in [1.807, 2.05) is 0 Å². The molecule has 0 aromatic heterocycles. The minimum absolute atomic E-state index is 0.644. The SMILES string of the molecule is CCNC(C)CC(C)N(C)CC1CCCC1. The Morgan fingerprint density at radius 1 is 1.25 bits per heavy atom. The van der Waals surface area contributed by atoms with Gasteiger partial charge in [0.15, 0.2) is 0 Å². The quantitative estimate of drug-likeness (QED) is 0.718. The van der Waals surface area contributed by atoms with E-state index in [-0.39, 0.29) is 0 Å². The highest BCUT2D eigenvalue weighted by molar-refractivity contribution is 4.75. The van der Waals surface area contributed by atoms with Crippen molar-refractivity contribution in [2.75, 3.05) is 20.1 Å². The van der Waals surface area contributed by atoms with Gasteiger partial charge in [0.25, 0.3) is 0 Å². The summed E-state index contributed by atoms with van der Waals surface area (Å²) in [4.78, 5) is 2.56. The Morgan fingerprint density at radius 3 is 2.44 bits per heavy atom. The molecule has 0 bridgehead atoms. The molecule has 0 spiro atoms. The largest absolute Gasteiger partial charge is 0.314 e. The van der Waals surface area contributed by atoms with Gasteiger partial charge in [0, 0.05) is 18.6 Å². The third-order valence-corrected chi connectivity index (χ3v) is 4.02. The summed E-state index contributed by atoms with van der Waals surface area (Å²) < 4.78 is 0. The normalized spacial score (nSPS) is 21.6. The molecule has 0 aromatic carbocycles. The van der Waals surface area contributed by atoms with Crippen LogP contribution in [0.2, 0.25) is 0 Å². The molecule has 2 atom stereocenters. The fourth-order valence-electron chi connectivity index (χ4n) is 2.90. The van der Waals surface area contributed by atoms with Crippen molar-refractivity contribution in [2.45, 2.75) is 65.0 Å². The lowest BCUT2D eigenvalue weighted by atomic mass is 10.0. The molecule has 1 N–H and O–H groups in total. The summed E-state index contributed by atoms with van der Waals surface area (Å²) in [6.45, 7) is 9.23. The maximum absolute atomic E-state index is 3.50. The molecule has 1 saturated carbocycles. The van der Waals surface area contributed by atoms with Crippen molar-refractivity contribution in [3.05, 3.63) is 0 Å². The van der Waals surface area contributed by atoms with Crippen LogP contribution in [-0.4, -0.2) is 37.1 Å². The van der Waals surface area contributed by atoms with Gasteiger partial charge in [-0.3, -0.25) is 0 Å². The molecule has 0 saturated heterocycles. The Labute approximate surface area is 102 Å². The van der Waals surface area contributed by atoms with E-state index in [0.717, 1.165) is 12.5 Å². The zero-order valence-electron chi connectivity index (χ0n) is 11.6. The lowest BCUT2D eigenvalue weighted by molar-refractivity contribution is 0.199. The Morgan fingerprint density at radius 2 is 1.88 bits per heavy atom.